The number of para-hydroxylation sites is 1. The molecule has 63 heavy (non-hydrogen) atoms. The van der Waals surface area contributed by atoms with Gasteiger partial charge in [0, 0.05) is 68.9 Å². The summed E-state index contributed by atoms with van der Waals surface area (Å²) in [4.78, 5) is 9.37. The topological polar surface area (TPSA) is 50.9 Å². The second-order valence-electron chi connectivity index (χ2n) is 16.8. The van der Waals surface area contributed by atoms with Crippen LogP contribution in [0.3, 0.4) is 0 Å². The fraction of sp³-hybridized carbons (Fsp3) is 0.276. The molecule has 0 aliphatic rings. The second kappa shape index (κ2) is 17.5. The van der Waals surface area contributed by atoms with E-state index in [9.17, 15) is 6.48 Å². The number of hydrogen-bond donors (Lipinski definition) is 1. The van der Waals surface area contributed by atoms with Crippen LogP contribution < -0.4 is 0 Å². The van der Waals surface area contributed by atoms with Gasteiger partial charge >= 0.3 is 0 Å². The van der Waals surface area contributed by atoms with Gasteiger partial charge in [-0.1, -0.05) is 178 Å². The molecule has 0 aliphatic carbocycles. The van der Waals surface area contributed by atoms with Gasteiger partial charge < -0.3 is 5.11 Å². The molecule has 8 aromatic rings. The molecule has 0 saturated heterocycles. The second-order valence-corrected chi connectivity index (χ2v) is 16.8. The summed E-state index contributed by atoms with van der Waals surface area (Å²) < 4.78 is 229. The Kier molecular flexibility index (Phi) is 6.36. The van der Waals surface area contributed by atoms with Gasteiger partial charge in [-0.25, -0.2) is 4.98 Å². The SMILES string of the molecule is [2H]c1nc(-c2[c-]c(-c3cccc4c3nc(-c3cc(C(C([2H])([2H])[2H])(C([2H])([2H])[2H])C([2H])([2H])[2H])cc(C(C([2H])([2H])[2H])(C([2H])([2H])[2H])C([2H])([2H])[2H])c3O)n4-c3ccc(-c4ccccc4)c(CC(C)C)c3)cc(C(C)(C)C)c2)c([2H])c(-c2c([2H])c([2H])c([2H])c([2H])c2[2H])c1[2H].[Pt]. The van der Waals surface area contributed by atoms with Crippen LogP contribution in [0.1, 0.15) is 134 Å². The maximum absolute atomic E-state index is 13.0. The van der Waals surface area contributed by atoms with E-state index in [2.05, 4.69) is 11.1 Å². The van der Waals surface area contributed by atoms with Crippen LogP contribution in [0, 0.1) is 12.0 Å². The van der Waals surface area contributed by atoms with E-state index in [1.807, 2.05) is 65.0 Å². The van der Waals surface area contributed by atoms with Gasteiger partial charge in [0.15, 0.2) is 0 Å². The third kappa shape index (κ3) is 9.39. The smallest absolute Gasteiger partial charge is 0.148 e. The molecular formula is C58H60N3OPt-. The van der Waals surface area contributed by atoms with Crippen molar-refractivity contribution < 1.29 is 61.8 Å². The molecule has 0 amide bonds. The van der Waals surface area contributed by atoms with Gasteiger partial charge in [-0.3, -0.25) is 9.55 Å². The van der Waals surface area contributed by atoms with Crippen molar-refractivity contribution in [3.63, 3.8) is 0 Å². The minimum absolute atomic E-state index is 0. The Balaban J connectivity index is 0.0000113. The van der Waals surface area contributed by atoms with Crippen molar-refractivity contribution >= 4 is 11.0 Å². The number of imidazole rings is 1. The predicted octanol–water partition coefficient (Wildman–Crippen LogP) is 15.3. The molecule has 0 bridgehead atoms. The zero-order valence-corrected chi connectivity index (χ0v) is 37.3. The molecule has 0 saturated carbocycles. The summed E-state index contributed by atoms with van der Waals surface area (Å²) in [7, 11) is 0. The monoisotopic (exact) mass is 1040 g/mol. The largest absolute Gasteiger partial charge is 0.507 e. The molecule has 0 unspecified atom stereocenters. The Morgan fingerprint density at radius 3 is 2.11 bits per heavy atom. The van der Waals surface area contributed by atoms with Crippen LogP contribution in [0.25, 0.3) is 72.7 Å². The summed E-state index contributed by atoms with van der Waals surface area (Å²) in [6, 6.07) is 21.4. The van der Waals surface area contributed by atoms with Gasteiger partial charge in [-0.15, -0.1) is 29.3 Å². The Morgan fingerprint density at radius 1 is 0.698 bits per heavy atom. The first-order valence-electron chi connectivity index (χ1n) is 32.9. The molecule has 0 radical (unpaired) electrons. The minimum atomic E-state index is -4.22. The number of nitrogens with zero attached hydrogens (tertiary/aromatic N) is 3. The van der Waals surface area contributed by atoms with Crippen molar-refractivity contribution in [2.24, 2.45) is 5.92 Å². The Bertz CT molecular complexity index is 3950. The minimum Gasteiger partial charge on any atom is -0.507 e. The van der Waals surface area contributed by atoms with Crippen molar-refractivity contribution in [3.05, 3.63) is 168 Å². The number of benzene rings is 6. The predicted molar refractivity (Wildman–Crippen MR) is 261 cm³/mol. The third-order valence-electron chi connectivity index (χ3n) is 10.6. The first-order chi connectivity index (χ1) is 40.2. The van der Waals surface area contributed by atoms with Crippen LogP contribution in [-0.4, -0.2) is 19.6 Å². The summed E-state index contributed by atoms with van der Waals surface area (Å²) in [5.41, 5.74) is -10.8. The molecule has 0 spiro atoms. The van der Waals surface area contributed by atoms with Gasteiger partial charge in [-0.05, 0) is 92.3 Å². The third-order valence-corrected chi connectivity index (χ3v) is 10.6. The Hall–Kier alpha value is -5.57. The Morgan fingerprint density at radius 2 is 1.41 bits per heavy atom. The summed E-state index contributed by atoms with van der Waals surface area (Å²) >= 11 is 0. The average Bonchev–Trinajstić information content (AvgIpc) is 1.45. The summed E-state index contributed by atoms with van der Waals surface area (Å²) in [5.74, 6) is -2.00. The number of rotatable bonds is 8. The summed E-state index contributed by atoms with van der Waals surface area (Å²) in [5, 5.41) is 13.0. The van der Waals surface area contributed by atoms with E-state index in [-0.39, 0.29) is 72.2 Å². The van der Waals surface area contributed by atoms with Crippen molar-refractivity contribution in [3.8, 4) is 67.5 Å². The molecule has 6 aromatic carbocycles. The van der Waals surface area contributed by atoms with Crippen molar-refractivity contribution in [2.45, 2.75) is 98.4 Å². The van der Waals surface area contributed by atoms with Crippen LogP contribution in [0.15, 0.2) is 139 Å². The molecule has 2 heterocycles. The summed E-state index contributed by atoms with van der Waals surface area (Å²) in [6.07, 6.45) is -0.306. The number of phenolic OH excluding ortho intramolecular Hbond substituents is 1. The zero-order valence-electron chi connectivity index (χ0n) is 61.0. The Labute approximate surface area is 426 Å². The van der Waals surface area contributed by atoms with E-state index < -0.39 is 145 Å². The maximum Gasteiger partial charge on any atom is 0.148 e. The molecular weight excluding hydrogens is 950 g/mol. The average molecular weight is 1040 g/mol. The molecule has 0 aliphatic heterocycles. The molecule has 2 aromatic heterocycles. The van der Waals surface area contributed by atoms with Gasteiger partial charge in [0.05, 0.1) is 27.6 Å². The number of pyridine rings is 1. The van der Waals surface area contributed by atoms with Crippen LogP contribution in [0.2, 0.25) is 0 Å². The van der Waals surface area contributed by atoms with Crippen LogP contribution in [0.5, 0.6) is 5.75 Å². The van der Waals surface area contributed by atoms with E-state index in [4.69, 9.17) is 39.3 Å². The fourth-order valence-corrected chi connectivity index (χ4v) is 7.51. The molecule has 0 atom stereocenters. The quantitative estimate of drug-likeness (QED) is 0.154. The van der Waals surface area contributed by atoms with Crippen molar-refractivity contribution in [2.75, 3.05) is 0 Å². The molecule has 324 valence electrons. The standard InChI is InChI=1S/C58H60N3O.Pt/c1-37(2)29-41-33-46(25-26-47(41)39-21-16-13-17-22-39)61-52-24-18-23-48(53(52)60-55(61)49-35-45(57(6,7)8)36-50(54(49)62)58(9,10)11)42-30-43(32-44(31-42)56(3,4)5)51-34-40(27-28-59-51)38-19-14-12-15-20-38;/h12-28,31-37,62H,29H2,1-11H3;/q-1;/i6D3,7D3,8D3,9D3,10D3,11D3,12D,14D,15D,19D,20D,27D,28D,34D;. The molecule has 1 N–H and O–H groups in total. The van der Waals surface area contributed by atoms with Crippen molar-refractivity contribution in [1.29, 1.82) is 0 Å². The van der Waals surface area contributed by atoms with Crippen LogP contribution in [-0.2, 0) is 43.7 Å². The van der Waals surface area contributed by atoms with Gasteiger partial charge in [0.25, 0.3) is 0 Å². The van der Waals surface area contributed by atoms with Gasteiger partial charge in [0.2, 0.25) is 0 Å². The molecule has 0 fully saturated rings. The van der Waals surface area contributed by atoms with Gasteiger partial charge in [0.1, 0.15) is 11.6 Å². The number of aromatic nitrogens is 3. The maximum atomic E-state index is 13.0. The first kappa shape index (κ1) is 22.9. The van der Waals surface area contributed by atoms with Gasteiger partial charge in [-0.2, -0.15) is 0 Å². The molecule has 5 heteroatoms. The van der Waals surface area contributed by atoms with E-state index in [0.717, 1.165) is 16.7 Å². The fourth-order valence-electron chi connectivity index (χ4n) is 7.51. The number of aromatic hydroxyl groups is 1. The van der Waals surface area contributed by atoms with E-state index in [1.165, 1.54) is 4.57 Å². The van der Waals surface area contributed by atoms with Crippen molar-refractivity contribution in [1.82, 2.24) is 14.5 Å². The number of hydrogen-bond acceptors (Lipinski definition) is 3. The summed E-state index contributed by atoms with van der Waals surface area (Å²) in [6.45, 7) is -15.5. The van der Waals surface area contributed by atoms with E-state index >= 15 is 0 Å². The van der Waals surface area contributed by atoms with E-state index in [1.54, 1.807) is 48.5 Å². The van der Waals surface area contributed by atoms with E-state index in [0.29, 0.717) is 18.1 Å². The van der Waals surface area contributed by atoms with Crippen LogP contribution >= 0.6 is 0 Å². The normalized spacial score (nSPS) is 19.4. The number of phenols is 1. The van der Waals surface area contributed by atoms with Crippen LogP contribution in [0.4, 0.5) is 0 Å². The zero-order chi connectivity index (χ0) is 66.1. The molecule has 4 nitrogen and oxygen atoms in total. The first-order valence-corrected chi connectivity index (χ1v) is 19.9. The molecule has 8 rings (SSSR count). The number of fused-ring (bicyclic) bond motifs is 1.